The summed E-state index contributed by atoms with van der Waals surface area (Å²) in [6.07, 6.45) is 0. The predicted molar refractivity (Wildman–Crippen MR) is 77.0 cm³/mol. The molecule has 4 nitrogen and oxygen atoms in total. The number of amides is 1. The zero-order valence-electron chi connectivity index (χ0n) is 12.4. The maximum Gasteiger partial charge on any atom is 0.256 e. The number of carbonyl (C=O) groups excluding carboxylic acids is 1. The Morgan fingerprint density at radius 1 is 1.24 bits per heavy atom. The Labute approximate surface area is 123 Å². The molecule has 0 radical (unpaired) electrons. The molecule has 2 rings (SSSR count). The lowest BCUT2D eigenvalue weighted by molar-refractivity contribution is 0.0423. The predicted octanol–water partition coefficient (Wildman–Crippen LogP) is 1.46. The van der Waals surface area contributed by atoms with E-state index in [1.54, 1.807) is 4.90 Å². The molecule has 2 N–H and O–H groups in total. The molecule has 1 heterocycles. The van der Waals surface area contributed by atoms with Gasteiger partial charge >= 0.3 is 0 Å². The third-order valence-electron chi connectivity index (χ3n) is 4.08. The fourth-order valence-corrected chi connectivity index (χ4v) is 2.48. The summed E-state index contributed by atoms with van der Waals surface area (Å²) >= 11 is 0. The van der Waals surface area contributed by atoms with Crippen molar-refractivity contribution in [3.63, 3.8) is 0 Å². The first-order chi connectivity index (χ1) is 9.85. The second-order valence-corrected chi connectivity index (χ2v) is 5.92. The Morgan fingerprint density at radius 3 is 2.38 bits per heavy atom. The third kappa shape index (κ3) is 3.39. The molecule has 6 heteroatoms. The third-order valence-corrected chi connectivity index (χ3v) is 4.08. The minimum atomic E-state index is -0.815. The standard InChI is InChI=1S/C15H21F2N3O/c1-15(2,10-18)20-7-5-19(6-8-20)14(21)12-4-3-11(16)9-13(12)17/h3-4,9H,5-8,10,18H2,1-2H3. The summed E-state index contributed by atoms with van der Waals surface area (Å²) in [6.45, 7) is 7.07. The van der Waals surface area contributed by atoms with E-state index in [9.17, 15) is 13.6 Å². The van der Waals surface area contributed by atoms with E-state index in [0.29, 0.717) is 32.7 Å². The molecule has 1 aromatic rings. The number of piperazine rings is 1. The average molecular weight is 297 g/mol. The van der Waals surface area contributed by atoms with Crippen LogP contribution in [0.5, 0.6) is 0 Å². The molecule has 0 aliphatic carbocycles. The lowest BCUT2D eigenvalue weighted by atomic mass is 10.0. The Hall–Kier alpha value is -1.53. The molecular weight excluding hydrogens is 276 g/mol. The minimum absolute atomic E-state index is 0.0806. The van der Waals surface area contributed by atoms with E-state index >= 15 is 0 Å². The summed E-state index contributed by atoms with van der Waals surface area (Å²) < 4.78 is 26.6. The molecule has 1 amide bonds. The molecule has 0 spiro atoms. The van der Waals surface area contributed by atoms with Crippen LogP contribution in [0.3, 0.4) is 0 Å². The molecule has 1 aliphatic rings. The van der Waals surface area contributed by atoms with Gasteiger partial charge < -0.3 is 10.6 Å². The molecule has 21 heavy (non-hydrogen) atoms. The van der Waals surface area contributed by atoms with Crippen molar-refractivity contribution in [3.05, 3.63) is 35.4 Å². The van der Waals surface area contributed by atoms with Gasteiger partial charge in [-0.3, -0.25) is 9.69 Å². The number of carbonyl (C=O) groups is 1. The van der Waals surface area contributed by atoms with Gasteiger partial charge in [-0.05, 0) is 26.0 Å². The van der Waals surface area contributed by atoms with Crippen LogP contribution in [-0.2, 0) is 0 Å². The first-order valence-electron chi connectivity index (χ1n) is 7.04. The van der Waals surface area contributed by atoms with Crippen LogP contribution >= 0.6 is 0 Å². The van der Waals surface area contributed by atoms with Crippen LogP contribution in [0, 0.1) is 11.6 Å². The van der Waals surface area contributed by atoms with E-state index in [-0.39, 0.29) is 11.1 Å². The summed E-state index contributed by atoms with van der Waals surface area (Å²) in [7, 11) is 0. The van der Waals surface area contributed by atoms with Gasteiger partial charge in [0.25, 0.3) is 5.91 Å². The van der Waals surface area contributed by atoms with Crippen molar-refractivity contribution in [2.75, 3.05) is 32.7 Å². The number of hydrogen-bond donors (Lipinski definition) is 1. The Kier molecular flexibility index (Phi) is 4.58. The highest BCUT2D eigenvalue weighted by Crippen LogP contribution is 2.18. The zero-order valence-corrected chi connectivity index (χ0v) is 12.4. The van der Waals surface area contributed by atoms with Gasteiger partial charge in [0.05, 0.1) is 5.56 Å². The molecule has 0 atom stereocenters. The van der Waals surface area contributed by atoms with Gasteiger partial charge in [0.2, 0.25) is 0 Å². The molecular formula is C15H21F2N3O. The number of nitrogens with two attached hydrogens (primary N) is 1. The van der Waals surface area contributed by atoms with E-state index in [1.807, 2.05) is 0 Å². The van der Waals surface area contributed by atoms with Crippen LogP contribution < -0.4 is 5.73 Å². The normalized spacial score (nSPS) is 17.1. The number of nitrogens with zero attached hydrogens (tertiary/aromatic N) is 2. The van der Waals surface area contributed by atoms with Crippen LogP contribution in [0.4, 0.5) is 8.78 Å². The molecule has 1 fully saturated rings. The number of halogens is 2. The molecule has 1 aliphatic heterocycles. The Bertz CT molecular complexity index is 526. The van der Waals surface area contributed by atoms with Crippen LogP contribution in [0.1, 0.15) is 24.2 Å². The fourth-order valence-electron chi connectivity index (χ4n) is 2.48. The lowest BCUT2D eigenvalue weighted by Crippen LogP contribution is -2.58. The van der Waals surface area contributed by atoms with Gasteiger partial charge in [-0.15, -0.1) is 0 Å². The van der Waals surface area contributed by atoms with Gasteiger partial charge in [-0.2, -0.15) is 0 Å². The van der Waals surface area contributed by atoms with Crippen molar-refractivity contribution in [2.45, 2.75) is 19.4 Å². The highest BCUT2D eigenvalue weighted by Gasteiger charge is 2.31. The van der Waals surface area contributed by atoms with Gasteiger partial charge in [0.1, 0.15) is 11.6 Å². The average Bonchev–Trinajstić information content (AvgIpc) is 2.47. The number of hydrogen-bond acceptors (Lipinski definition) is 3. The Morgan fingerprint density at radius 2 is 1.86 bits per heavy atom. The SMILES string of the molecule is CC(C)(CN)N1CCN(C(=O)c2ccc(F)cc2F)CC1. The zero-order chi connectivity index (χ0) is 15.6. The van der Waals surface area contributed by atoms with Crippen molar-refractivity contribution in [2.24, 2.45) is 5.73 Å². The molecule has 0 unspecified atom stereocenters. The fraction of sp³-hybridized carbons (Fsp3) is 0.533. The van der Waals surface area contributed by atoms with E-state index in [4.69, 9.17) is 5.73 Å². The minimum Gasteiger partial charge on any atom is -0.336 e. The highest BCUT2D eigenvalue weighted by atomic mass is 19.1. The molecule has 0 aromatic heterocycles. The smallest absolute Gasteiger partial charge is 0.256 e. The van der Waals surface area contributed by atoms with Crippen molar-refractivity contribution in [1.82, 2.24) is 9.80 Å². The Balaban J connectivity index is 2.03. The summed E-state index contributed by atoms with van der Waals surface area (Å²) in [6, 6.07) is 3.04. The maximum atomic E-state index is 13.7. The molecule has 1 saturated heterocycles. The van der Waals surface area contributed by atoms with Crippen molar-refractivity contribution < 1.29 is 13.6 Å². The first kappa shape index (κ1) is 15.9. The van der Waals surface area contributed by atoms with Crippen LogP contribution in [0.15, 0.2) is 18.2 Å². The van der Waals surface area contributed by atoms with Crippen molar-refractivity contribution >= 4 is 5.91 Å². The van der Waals surface area contributed by atoms with Crippen molar-refractivity contribution in [1.29, 1.82) is 0 Å². The topological polar surface area (TPSA) is 49.6 Å². The number of benzene rings is 1. The van der Waals surface area contributed by atoms with Crippen LogP contribution in [-0.4, -0.2) is 54.0 Å². The largest absolute Gasteiger partial charge is 0.336 e. The monoisotopic (exact) mass is 297 g/mol. The summed E-state index contributed by atoms with van der Waals surface area (Å²) in [5, 5.41) is 0. The van der Waals surface area contributed by atoms with E-state index in [0.717, 1.165) is 12.1 Å². The van der Waals surface area contributed by atoms with Gasteiger partial charge in [0.15, 0.2) is 0 Å². The second-order valence-electron chi connectivity index (χ2n) is 5.92. The summed E-state index contributed by atoms with van der Waals surface area (Å²) in [4.78, 5) is 16.1. The molecule has 1 aromatic carbocycles. The summed E-state index contributed by atoms with van der Waals surface area (Å²) in [5.74, 6) is -1.89. The van der Waals surface area contributed by atoms with E-state index < -0.39 is 17.5 Å². The quantitative estimate of drug-likeness (QED) is 0.919. The summed E-state index contributed by atoms with van der Waals surface area (Å²) in [5.41, 5.74) is 5.55. The van der Waals surface area contributed by atoms with Gasteiger partial charge in [-0.25, -0.2) is 8.78 Å². The molecule has 0 bridgehead atoms. The van der Waals surface area contributed by atoms with Crippen LogP contribution in [0.2, 0.25) is 0 Å². The van der Waals surface area contributed by atoms with Gasteiger partial charge in [0, 0.05) is 44.3 Å². The van der Waals surface area contributed by atoms with E-state index in [2.05, 4.69) is 18.7 Å². The second kappa shape index (κ2) is 6.07. The lowest BCUT2D eigenvalue weighted by Gasteiger charge is -2.43. The highest BCUT2D eigenvalue weighted by molar-refractivity contribution is 5.94. The first-order valence-corrected chi connectivity index (χ1v) is 7.04. The molecule has 0 saturated carbocycles. The van der Waals surface area contributed by atoms with Crippen molar-refractivity contribution in [3.8, 4) is 0 Å². The number of rotatable bonds is 3. The van der Waals surface area contributed by atoms with Crippen LogP contribution in [0.25, 0.3) is 0 Å². The van der Waals surface area contributed by atoms with Gasteiger partial charge in [-0.1, -0.05) is 0 Å². The maximum absolute atomic E-state index is 13.7. The van der Waals surface area contributed by atoms with E-state index in [1.165, 1.54) is 6.07 Å². The molecule has 116 valence electrons.